The lowest BCUT2D eigenvalue weighted by molar-refractivity contribution is 0.244. The predicted molar refractivity (Wildman–Crippen MR) is 119 cm³/mol. The summed E-state index contributed by atoms with van der Waals surface area (Å²) in [4.78, 5) is 0. The lowest BCUT2D eigenvalue weighted by Crippen LogP contribution is -2.15. The molecule has 0 saturated heterocycles. The number of hydrogen-bond acceptors (Lipinski definition) is 1. The van der Waals surface area contributed by atoms with Crippen molar-refractivity contribution in [2.24, 2.45) is 17.8 Å². The van der Waals surface area contributed by atoms with Crippen LogP contribution < -0.4 is 0 Å². The fraction of sp³-hybridized carbons (Fsp3) is 0.667. The van der Waals surface area contributed by atoms with Gasteiger partial charge in [-0.1, -0.05) is 57.4 Å². The van der Waals surface area contributed by atoms with Crippen molar-refractivity contribution in [3.05, 3.63) is 47.3 Å². The zero-order chi connectivity index (χ0) is 22.1. The first-order chi connectivity index (χ1) is 15.0. The summed E-state index contributed by atoms with van der Waals surface area (Å²) in [6, 6.07) is 5.94. The van der Waals surface area contributed by atoms with Gasteiger partial charge in [-0.3, -0.25) is 0 Å². The molecule has 0 amide bonds. The molecule has 0 heterocycles. The number of hydrogen-bond donors (Lipinski definition) is 0. The highest BCUT2D eigenvalue weighted by Gasteiger charge is 2.24. The van der Waals surface area contributed by atoms with Crippen molar-refractivity contribution in [1.29, 1.82) is 5.26 Å². The van der Waals surface area contributed by atoms with E-state index in [1.807, 2.05) is 0 Å². The average Bonchev–Trinajstić information content (AvgIpc) is 2.80. The first-order valence-corrected chi connectivity index (χ1v) is 12.3. The van der Waals surface area contributed by atoms with E-state index in [0.717, 1.165) is 36.7 Å². The first-order valence-electron chi connectivity index (χ1n) is 12.3. The SMILES string of the molecule is N#CC(F)=CCCC1CCC(CCCCC2CCC(c3ccc(F)c(F)c3)CC2)CC1. The largest absolute Gasteiger partial charge is 0.204 e. The second-order valence-corrected chi connectivity index (χ2v) is 9.80. The summed E-state index contributed by atoms with van der Waals surface area (Å²) < 4.78 is 39.5. The number of nitrogens with zero attached hydrogens (tertiary/aromatic N) is 1. The van der Waals surface area contributed by atoms with Gasteiger partial charge in [0.1, 0.15) is 6.07 Å². The van der Waals surface area contributed by atoms with E-state index in [9.17, 15) is 13.2 Å². The molecule has 0 bridgehead atoms. The summed E-state index contributed by atoms with van der Waals surface area (Å²) in [5.41, 5.74) is 0.958. The molecular weight excluding hydrogens is 395 g/mol. The number of benzene rings is 1. The van der Waals surface area contributed by atoms with Gasteiger partial charge in [-0.2, -0.15) is 9.65 Å². The van der Waals surface area contributed by atoms with Crippen LogP contribution in [-0.2, 0) is 0 Å². The Morgan fingerprint density at radius 1 is 0.839 bits per heavy atom. The summed E-state index contributed by atoms with van der Waals surface area (Å²) in [5.74, 6) is 0.599. The maximum Gasteiger partial charge on any atom is 0.196 e. The topological polar surface area (TPSA) is 23.8 Å². The van der Waals surface area contributed by atoms with Gasteiger partial charge in [0.25, 0.3) is 0 Å². The molecule has 31 heavy (non-hydrogen) atoms. The van der Waals surface area contributed by atoms with E-state index in [1.54, 1.807) is 12.1 Å². The molecule has 3 rings (SSSR count). The van der Waals surface area contributed by atoms with Crippen LogP contribution in [-0.4, -0.2) is 0 Å². The average molecular weight is 432 g/mol. The lowest BCUT2D eigenvalue weighted by atomic mass is 9.76. The highest BCUT2D eigenvalue weighted by Crippen LogP contribution is 2.39. The van der Waals surface area contributed by atoms with Crippen LogP contribution in [0.15, 0.2) is 30.1 Å². The Hall–Kier alpha value is -1.76. The van der Waals surface area contributed by atoms with Crippen molar-refractivity contribution in [3.63, 3.8) is 0 Å². The highest BCUT2D eigenvalue weighted by atomic mass is 19.2. The van der Waals surface area contributed by atoms with E-state index in [1.165, 1.54) is 82.4 Å². The van der Waals surface area contributed by atoms with Gasteiger partial charge in [0.2, 0.25) is 0 Å². The Balaban J connectivity index is 1.24. The standard InChI is InChI=1S/C27H36F3N/c28-25(19-31)7-3-6-22-10-8-20(9-11-22)4-1-2-5-21-12-14-23(15-13-21)24-16-17-26(29)27(30)18-24/h7,16-18,20-23H,1-6,8-15H2. The van der Waals surface area contributed by atoms with Gasteiger partial charge in [0.15, 0.2) is 17.5 Å². The Kier molecular flexibility index (Phi) is 9.50. The molecule has 0 N–H and O–H groups in total. The van der Waals surface area contributed by atoms with Crippen molar-refractivity contribution in [2.75, 3.05) is 0 Å². The van der Waals surface area contributed by atoms with Gasteiger partial charge in [0, 0.05) is 0 Å². The van der Waals surface area contributed by atoms with Crippen LogP contribution >= 0.6 is 0 Å². The van der Waals surface area contributed by atoms with Crippen LogP contribution in [0.4, 0.5) is 13.2 Å². The minimum atomic E-state index is -0.755. The number of nitriles is 1. The molecule has 2 fully saturated rings. The second kappa shape index (κ2) is 12.3. The summed E-state index contributed by atoms with van der Waals surface area (Å²) in [6.45, 7) is 0. The van der Waals surface area contributed by atoms with E-state index in [2.05, 4.69) is 0 Å². The van der Waals surface area contributed by atoms with Gasteiger partial charge >= 0.3 is 0 Å². The van der Waals surface area contributed by atoms with E-state index < -0.39 is 17.5 Å². The van der Waals surface area contributed by atoms with Crippen molar-refractivity contribution in [1.82, 2.24) is 0 Å². The van der Waals surface area contributed by atoms with Gasteiger partial charge in [-0.15, -0.1) is 0 Å². The maximum absolute atomic E-state index is 13.5. The maximum atomic E-state index is 13.5. The molecule has 2 aliphatic carbocycles. The van der Waals surface area contributed by atoms with Gasteiger partial charge < -0.3 is 0 Å². The number of rotatable bonds is 9. The van der Waals surface area contributed by atoms with Crippen LogP contribution in [0.1, 0.15) is 101 Å². The first kappa shape index (κ1) is 23.9. The Bertz CT molecular complexity index is 750. The highest BCUT2D eigenvalue weighted by molar-refractivity contribution is 5.22. The van der Waals surface area contributed by atoms with Crippen molar-refractivity contribution in [3.8, 4) is 6.07 Å². The second-order valence-electron chi connectivity index (χ2n) is 9.80. The number of halogens is 3. The molecule has 1 aromatic rings. The monoisotopic (exact) mass is 431 g/mol. The van der Waals surface area contributed by atoms with Crippen molar-refractivity contribution >= 4 is 0 Å². The molecule has 0 aliphatic heterocycles. The van der Waals surface area contributed by atoms with Gasteiger partial charge in [0.05, 0.1) is 0 Å². The quantitative estimate of drug-likeness (QED) is 0.283. The summed E-state index contributed by atoms with van der Waals surface area (Å²) in [7, 11) is 0. The third-order valence-corrected chi connectivity index (χ3v) is 7.71. The van der Waals surface area contributed by atoms with E-state index >= 15 is 0 Å². The Morgan fingerprint density at radius 2 is 1.39 bits per heavy atom. The molecule has 4 heteroatoms. The molecule has 0 aromatic heterocycles. The molecule has 1 aromatic carbocycles. The molecule has 2 saturated carbocycles. The Morgan fingerprint density at radius 3 is 1.94 bits per heavy atom. The zero-order valence-corrected chi connectivity index (χ0v) is 18.6. The van der Waals surface area contributed by atoms with Crippen LogP contribution in [0, 0.1) is 40.7 Å². The lowest BCUT2D eigenvalue weighted by Gasteiger charge is -2.30. The molecule has 0 unspecified atom stereocenters. The third-order valence-electron chi connectivity index (χ3n) is 7.71. The minimum Gasteiger partial charge on any atom is -0.204 e. The van der Waals surface area contributed by atoms with Crippen molar-refractivity contribution < 1.29 is 13.2 Å². The fourth-order valence-electron chi connectivity index (χ4n) is 5.72. The molecule has 170 valence electrons. The van der Waals surface area contributed by atoms with Crippen LogP contribution in [0.25, 0.3) is 0 Å². The molecule has 1 nitrogen and oxygen atoms in total. The van der Waals surface area contributed by atoms with Crippen LogP contribution in [0.3, 0.4) is 0 Å². The van der Waals surface area contributed by atoms with Crippen molar-refractivity contribution in [2.45, 2.75) is 95.8 Å². The molecule has 2 aliphatic rings. The van der Waals surface area contributed by atoms with E-state index in [-0.39, 0.29) is 0 Å². The van der Waals surface area contributed by atoms with Gasteiger partial charge in [-0.25, -0.2) is 8.78 Å². The van der Waals surface area contributed by atoms with Crippen LogP contribution in [0.2, 0.25) is 0 Å². The summed E-state index contributed by atoms with van der Waals surface area (Å²) in [5, 5.41) is 8.45. The molecule has 0 radical (unpaired) electrons. The fourth-order valence-corrected chi connectivity index (χ4v) is 5.72. The zero-order valence-electron chi connectivity index (χ0n) is 18.6. The van der Waals surface area contributed by atoms with Crippen LogP contribution in [0.5, 0.6) is 0 Å². The normalized spacial score (nSPS) is 27.1. The number of unbranched alkanes of at least 4 members (excludes halogenated alkanes) is 1. The summed E-state index contributed by atoms with van der Waals surface area (Å²) in [6.07, 6.45) is 18.1. The van der Waals surface area contributed by atoms with Gasteiger partial charge in [-0.05, 0) is 86.0 Å². The van der Waals surface area contributed by atoms with E-state index in [0.29, 0.717) is 18.3 Å². The third kappa shape index (κ3) is 7.70. The summed E-state index contributed by atoms with van der Waals surface area (Å²) >= 11 is 0. The smallest absolute Gasteiger partial charge is 0.196 e. The molecule has 0 atom stereocenters. The number of allylic oxidation sites excluding steroid dienone is 2. The molecule has 0 spiro atoms. The minimum absolute atomic E-state index is 0.383. The molecular formula is C27H36F3N. The van der Waals surface area contributed by atoms with E-state index in [4.69, 9.17) is 5.26 Å². The predicted octanol–water partition coefficient (Wildman–Crippen LogP) is 8.76. The Labute approximate surface area is 185 Å².